The highest BCUT2D eigenvalue weighted by atomic mass is 16.5. The van der Waals surface area contributed by atoms with Crippen LogP contribution < -0.4 is 5.32 Å². The van der Waals surface area contributed by atoms with E-state index < -0.39 is 12.1 Å². The summed E-state index contributed by atoms with van der Waals surface area (Å²) in [5.74, 6) is -1.08. The highest BCUT2D eigenvalue weighted by Crippen LogP contribution is 2.21. The van der Waals surface area contributed by atoms with Crippen LogP contribution >= 0.6 is 0 Å². The Morgan fingerprint density at radius 1 is 1.35 bits per heavy atom. The topological polar surface area (TPSA) is 80.6 Å². The van der Waals surface area contributed by atoms with E-state index in [1.807, 2.05) is 12.1 Å². The van der Waals surface area contributed by atoms with Gasteiger partial charge in [-0.3, -0.25) is 9.59 Å². The number of fused-ring (bicyclic) bond motifs is 1. The Hall–Kier alpha value is -2.34. The molecule has 1 heterocycles. The standard InChI is InChI=1S/C17H22N2O4/c1-3-4-9-23-12(2)17(22)18-14-5-6-15-13(10-14)7-8-19(15)11-16(20)21/h5-8,10,12H,3-4,9,11H2,1-2H3,(H,18,22)(H,20,21). The first-order chi connectivity index (χ1) is 11.0. The number of hydrogen-bond donors (Lipinski definition) is 2. The number of ether oxygens (including phenoxy) is 1. The molecule has 0 radical (unpaired) electrons. The second-order valence-electron chi connectivity index (χ2n) is 5.47. The highest BCUT2D eigenvalue weighted by molar-refractivity contribution is 5.96. The number of carboxylic acids is 1. The van der Waals surface area contributed by atoms with E-state index in [-0.39, 0.29) is 12.5 Å². The largest absolute Gasteiger partial charge is 0.480 e. The zero-order valence-corrected chi connectivity index (χ0v) is 13.4. The van der Waals surface area contributed by atoms with Gasteiger partial charge >= 0.3 is 5.97 Å². The molecule has 1 atom stereocenters. The van der Waals surface area contributed by atoms with Crippen LogP contribution in [0.1, 0.15) is 26.7 Å². The van der Waals surface area contributed by atoms with Crippen molar-refractivity contribution in [2.24, 2.45) is 0 Å². The van der Waals surface area contributed by atoms with Crippen LogP contribution in [0.4, 0.5) is 5.69 Å². The first kappa shape index (κ1) is 17.0. The Morgan fingerprint density at radius 2 is 2.13 bits per heavy atom. The number of carboxylic acid groups (broad SMARTS) is 1. The smallest absolute Gasteiger partial charge is 0.323 e. The molecule has 124 valence electrons. The van der Waals surface area contributed by atoms with Gasteiger partial charge in [0.05, 0.1) is 0 Å². The van der Waals surface area contributed by atoms with Crippen LogP contribution in [0.2, 0.25) is 0 Å². The lowest BCUT2D eigenvalue weighted by Crippen LogP contribution is -2.28. The summed E-state index contributed by atoms with van der Waals surface area (Å²) in [6, 6.07) is 7.22. The quantitative estimate of drug-likeness (QED) is 0.733. The van der Waals surface area contributed by atoms with Gasteiger partial charge in [0, 0.05) is 29.4 Å². The van der Waals surface area contributed by atoms with Crippen molar-refractivity contribution in [1.29, 1.82) is 0 Å². The van der Waals surface area contributed by atoms with Crippen molar-refractivity contribution in [2.75, 3.05) is 11.9 Å². The normalized spacial score (nSPS) is 12.3. The van der Waals surface area contributed by atoms with Crippen molar-refractivity contribution in [3.63, 3.8) is 0 Å². The summed E-state index contributed by atoms with van der Waals surface area (Å²) in [7, 11) is 0. The Labute approximate surface area is 135 Å². The van der Waals surface area contributed by atoms with Gasteiger partial charge in [0.2, 0.25) is 0 Å². The molecule has 2 aromatic rings. The molecule has 0 aliphatic carbocycles. The minimum atomic E-state index is -0.891. The number of aliphatic carboxylic acids is 1. The zero-order chi connectivity index (χ0) is 16.8. The maximum atomic E-state index is 12.1. The summed E-state index contributed by atoms with van der Waals surface area (Å²) in [5.41, 5.74) is 1.49. The average molecular weight is 318 g/mol. The van der Waals surface area contributed by atoms with E-state index in [0.717, 1.165) is 23.7 Å². The average Bonchev–Trinajstić information content (AvgIpc) is 2.89. The molecule has 0 bridgehead atoms. The maximum Gasteiger partial charge on any atom is 0.323 e. The lowest BCUT2D eigenvalue weighted by atomic mass is 10.2. The van der Waals surface area contributed by atoms with Gasteiger partial charge in [-0.2, -0.15) is 0 Å². The second kappa shape index (κ2) is 7.78. The predicted molar refractivity (Wildman–Crippen MR) is 88.5 cm³/mol. The molecular weight excluding hydrogens is 296 g/mol. The molecule has 6 nitrogen and oxygen atoms in total. The Kier molecular flexibility index (Phi) is 5.76. The highest BCUT2D eigenvalue weighted by Gasteiger charge is 2.14. The number of nitrogens with zero attached hydrogens (tertiary/aromatic N) is 1. The Bertz CT molecular complexity index is 693. The van der Waals surface area contributed by atoms with Gasteiger partial charge in [-0.25, -0.2) is 0 Å². The molecule has 23 heavy (non-hydrogen) atoms. The van der Waals surface area contributed by atoms with E-state index in [2.05, 4.69) is 12.2 Å². The fraction of sp³-hybridized carbons (Fsp3) is 0.412. The number of anilines is 1. The summed E-state index contributed by atoms with van der Waals surface area (Å²) >= 11 is 0. The third kappa shape index (κ3) is 4.56. The minimum Gasteiger partial charge on any atom is -0.480 e. The lowest BCUT2D eigenvalue weighted by molar-refractivity contribution is -0.137. The molecule has 1 unspecified atom stereocenters. The molecule has 1 aromatic carbocycles. The van der Waals surface area contributed by atoms with Crippen LogP contribution in [-0.4, -0.2) is 34.3 Å². The fourth-order valence-corrected chi connectivity index (χ4v) is 2.29. The summed E-state index contributed by atoms with van der Waals surface area (Å²) in [5, 5.41) is 12.6. The first-order valence-electron chi connectivity index (χ1n) is 7.74. The number of aromatic nitrogens is 1. The molecule has 1 amide bonds. The molecule has 6 heteroatoms. The van der Waals surface area contributed by atoms with Gasteiger partial charge in [0.1, 0.15) is 12.6 Å². The van der Waals surface area contributed by atoms with E-state index in [4.69, 9.17) is 9.84 Å². The summed E-state index contributed by atoms with van der Waals surface area (Å²) in [6.07, 6.45) is 3.17. The molecule has 2 rings (SSSR count). The molecular formula is C17H22N2O4. The van der Waals surface area contributed by atoms with Crippen molar-refractivity contribution >= 4 is 28.5 Å². The van der Waals surface area contributed by atoms with E-state index in [1.54, 1.807) is 29.8 Å². The van der Waals surface area contributed by atoms with Crippen molar-refractivity contribution in [2.45, 2.75) is 39.3 Å². The lowest BCUT2D eigenvalue weighted by Gasteiger charge is -2.13. The maximum absolute atomic E-state index is 12.1. The number of carbonyl (C=O) groups is 2. The molecule has 2 N–H and O–H groups in total. The van der Waals surface area contributed by atoms with E-state index in [9.17, 15) is 9.59 Å². The number of unbranched alkanes of at least 4 members (excludes halogenated alkanes) is 1. The monoisotopic (exact) mass is 318 g/mol. The molecule has 0 fully saturated rings. The molecule has 1 aromatic heterocycles. The summed E-state index contributed by atoms with van der Waals surface area (Å²) in [6.45, 7) is 4.28. The van der Waals surface area contributed by atoms with Crippen LogP contribution in [0, 0.1) is 0 Å². The van der Waals surface area contributed by atoms with Gasteiger partial charge in [-0.15, -0.1) is 0 Å². The van der Waals surface area contributed by atoms with Crippen LogP contribution in [0.25, 0.3) is 10.9 Å². The zero-order valence-electron chi connectivity index (χ0n) is 13.4. The third-order valence-corrected chi connectivity index (χ3v) is 3.58. The molecule has 0 aliphatic rings. The van der Waals surface area contributed by atoms with E-state index in [0.29, 0.717) is 12.3 Å². The number of benzene rings is 1. The van der Waals surface area contributed by atoms with E-state index >= 15 is 0 Å². The number of amides is 1. The molecule has 0 aliphatic heterocycles. The summed E-state index contributed by atoms with van der Waals surface area (Å²) < 4.78 is 7.12. The number of hydrogen-bond acceptors (Lipinski definition) is 3. The minimum absolute atomic E-state index is 0.0858. The van der Waals surface area contributed by atoms with Crippen molar-refractivity contribution in [3.8, 4) is 0 Å². The van der Waals surface area contributed by atoms with E-state index in [1.165, 1.54) is 0 Å². The van der Waals surface area contributed by atoms with Gasteiger partial charge < -0.3 is 19.7 Å². The number of nitrogens with one attached hydrogen (secondary N) is 1. The van der Waals surface area contributed by atoms with Crippen molar-refractivity contribution in [1.82, 2.24) is 4.57 Å². The first-order valence-corrected chi connectivity index (χ1v) is 7.74. The van der Waals surface area contributed by atoms with Crippen LogP contribution in [-0.2, 0) is 20.9 Å². The molecule has 0 saturated heterocycles. The predicted octanol–water partition coefficient (Wildman–Crippen LogP) is 2.87. The second-order valence-corrected chi connectivity index (χ2v) is 5.47. The van der Waals surface area contributed by atoms with Gasteiger partial charge in [0.25, 0.3) is 5.91 Å². The van der Waals surface area contributed by atoms with Crippen molar-refractivity contribution in [3.05, 3.63) is 30.5 Å². The molecule has 0 saturated carbocycles. The van der Waals surface area contributed by atoms with Crippen LogP contribution in [0.15, 0.2) is 30.5 Å². The Balaban J connectivity index is 2.03. The third-order valence-electron chi connectivity index (χ3n) is 3.58. The fourth-order valence-electron chi connectivity index (χ4n) is 2.29. The number of carbonyl (C=O) groups excluding carboxylic acids is 1. The van der Waals surface area contributed by atoms with Crippen molar-refractivity contribution < 1.29 is 19.4 Å². The summed E-state index contributed by atoms with van der Waals surface area (Å²) in [4.78, 5) is 22.9. The van der Waals surface area contributed by atoms with Gasteiger partial charge in [-0.05, 0) is 37.6 Å². The van der Waals surface area contributed by atoms with Crippen LogP contribution in [0.3, 0.4) is 0 Å². The Morgan fingerprint density at radius 3 is 2.83 bits per heavy atom. The number of rotatable bonds is 8. The molecule has 0 spiro atoms. The van der Waals surface area contributed by atoms with Gasteiger partial charge in [0.15, 0.2) is 0 Å². The van der Waals surface area contributed by atoms with Gasteiger partial charge in [-0.1, -0.05) is 13.3 Å². The SMILES string of the molecule is CCCCOC(C)C(=O)Nc1ccc2c(ccn2CC(=O)O)c1. The van der Waals surface area contributed by atoms with Crippen LogP contribution in [0.5, 0.6) is 0 Å².